The van der Waals surface area contributed by atoms with Crippen molar-refractivity contribution in [3.05, 3.63) is 64.8 Å². The number of rotatable bonds is 6. The van der Waals surface area contributed by atoms with Crippen molar-refractivity contribution >= 4 is 16.6 Å². The molecule has 23 heavy (non-hydrogen) atoms. The lowest BCUT2D eigenvalue weighted by atomic mass is 10.1. The van der Waals surface area contributed by atoms with Crippen molar-refractivity contribution in [1.82, 2.24) is 9.78 Å². The lowest BCUT2D eigenvalue weighted by Crippen LogP contribution is -2.24. The molecule has 1 aromatic heterocycles. The van der Waals surface area contributed by atoms with Crippen molar-refractivity contribution in [2.24, 2.45) is 0 Å². The van der Waals surface area contributed by atoms with Gasteiger partial charge in [0, 0.05) is 0 Å². The molecule has 118 valence electrons. The van der Waals surface area contributed by atoms with Gasteiger partial charge in [0.15, 0.2) is 0 Å². The Balaban J connectivity index is 1.62. The minimum absolute atomic E-state index is 0.00308. The number of nitro groups is 1. The summed E-state index contributed by atoms with van der Waals surface area (Å²) in [6.45, 7) is 0.0201. The fourth-order valence-corrected chi connectivity index (χ4v) is 2.32. The lowest BCUT2D eigenvalue weighted by molar-refractivity contribution is -0.392. The largest absolute Gasteiger partial charge is 0.491 e. The zero-order valence-corrected chi connectivity index (χ0v) is 12.2. The predicted octanol–water partition coefficient (Wildman–Crippen LogP) is 2.38. The van der Waals surface area contributed by atoms with Crippen LogP contribution in [0.5, 0.6) is 5.75 Å². The number of hydrogen-bond donors (Lipinski definition) is 1. The van der Waals surface area contributed by atoms with Gasteiger partial charge in [-0.2, -0.15) is 0 Å². The molecule has 0 aliphatic rings. The van der Waals surface area contributed by atoms with Crippen LogP contribution in [-0.4, -0.2) is 32.5 Å². The van der Waals surface area contributed by atoms with E-state index >= 15 is 0 Å². The number of aliphatic hydroxyl groups is 1. The average molecular weight is 313 g/mol. The highest BCUT2D eigenvalue weighted by Gasteiger charge is 2.18. The summed E-state index contributed by atoms with van der Waals surface area (Å²) < 4.78 is 6.71. The molecule has 0 spiro atoms. The molecule has 0 aliphatic heterocycles. The van der Waals surface area contributed by atoms with E-state index < -0.39 is 11.0 Å². The van der Waals surface area contributed by atoms with E-state index in [1.165, 1.54) is 12.3 Å². The van der Waals surface area contributed by atoms with Crippen LogP contribution in [0, 0.1) is 10.1 Å². The van der Waals surface area contributed by atoms with E-state index in [9.17, 15) is 15.2 Å². The summed E-state index contributed by atoms with van der Waals surface area (Å²) in [4.78, 5) is 10.3. The highest BCUT2D eigenvalue weighted by molar-refractivity contribution is 5.83. The maximum atomic E-state index is 10.8. The summed E-state index contributed by atoms with van der Waals surface area (Å²) in [5, 5.41) is 26.8. The topological polar surface area (TPSA) is 90.4 Å². The fraction of sp³-hybridized carbons (Fsp3) is 0.188. The Bertz CT molecular complexity index is 831. The van der Waals surface area contributed by atoms with E-state index in [1.54, 1.807) is 0 Å². The molecule has 0 amide bonds. The van der Waals surface area contributed by atoms with Crippen LogP contribution in [0.25, 0.3) is 10.8 Å². The van der Waals surface area contributed by atoms with Gasteiger partial charge in [0.1, 0.15) is 25.0 Å². The minimum Gasteiger partial charge on any atom is -0.491 e. The number of hydrogen-bond acceptors (Lipinski definition) is 5. The molecule has 7 nitrogen and oxygen atoms in total. The Kier molecular flexibility index (Phi) is 4.20. The number of nitrogens with zero attached hydrogens (tertiary/aromatic N) is 3. The van der Waals surface area contributed by atoms with Crippen LogP contribution >= 0.6 is 0 Å². The van der Waals surface area contributed by atoms with Crippen LogP contribution in [-0.2, 0) is 6.54 Å². The second kappa shape index (κ2) is 6.45. The van der Waals surface area contributed by atoms with Crippen molar-refractivity contribution in [2.75, 3.05) is 6.61 Å². The molecule has 3 aromatic rings. The molecule has 0 radical (unpaired) electrons. The molecular formula is C16H15N3O4. The van der Waals surface area contributed by atoms with Gasteiger partial charge in [-0.25, -0.2) is 0 Å². The third kappa shape index (κ3) is 3.46. The van der Waals surface area contributed by atoms with Gasteiger partial charge in [-0.3, -0.25) is 0 Å². The van der Waals surface area contributed by atoms with Gasteiger partial charge in [-0.05, 0) is 27.8 Å². The van der Waals surface area contributed by atoms with Crippen LogP contribution in [0.4, 0.5) is 5.82 Å². The summed E-state index contributed by atoms with van der Waals surface area (Å²) in [5.41, 5.74) is 0. The molecule has 7 heteroatoms. The average Bonchev–Trinajstić information content (AvgIpc) is 3.01. The van der Waals surface area contributed by atoms with Crippen molar-refractivity contribution in [1.29, 1.82) is 0 Å². The highest BCUT2D eigenvalue weighted by atomic mass is 16.6. The highest BCUT2D eigenvalue weighted by Crippen LogP contribution is 2.20. The molecule has 3 rings (SSSR count). The fourth-order valence-electron chi connectivity index (χ4n) is 2.32. The van der Waals surface area contributed by atoms with Crippen LogP contribution in [0.3, 0.4) is 0 Å². The Morgan fingerprint density at radius 2 is 2.00 bits per heavy atom. The smallest absolute Gasteiger partial charge is 0.344 e. The van der Waals surface area contributed by atoms with E-state index in [0.717, 1.165) is 15.5 Å². The summed E-state index contributed by atoms with van der Waals surface area (Å²) in [7, 11) is 0. The number of ether oxygens (including phenoxy) is 1. The van der Waals surface area contributed by atoms with Gasteiger partial charge < -0.3 is 20.0 Å². The molecule has 0 saturated heterocycles. The van der Waals surface area contributed by atoms with Gasteiger partial charge in [-0.1, -0.05) is 35.4 Å². The number of aliphatic hydroxyl groups excluding tert-OH is 1. The van der Waals surface area contributed by atoms with Crippen LogP contribution in [0.2, 0.25) is 0 Å². The first-order valence-electron chi connectivity index (χ1n) is 7.09. The van der Waals surface area contributed by atoms with Gasteiger partial charge in [0.2, 0.25) is 0 Å². The number of aromatic nitrogens is 2. The molecule has 1 unspecified atom stereocenters. The maximum absolute atomic E-state index is 10.8. The van der Waals surface area contributed by atoms with Gasteiger partial charge >= 0.3 is 5.82 Å². The van der Waals surface area contributed by atoms with E-state index in [4.69, 9.17) is 4.74 Å². The Morgan fingerprint density at radius 3 is 2.78 bits per heavy atom. The molecule has 1 N–H and O–H groups in total. The Hall–Kier alpha value is -2.93. The Labute approximate surface area is 131 Å². The third-order valence-electron chi connectivity index (χ3n) is 3.43. The third-order valence-corrected chi connectivity index (χ3v) is 3.43. The molecule has 2 aromatic carbocycles. The molecule has 1 atom stereocenters. The number of fused-ring (bicyclic) bond motifs is 1. The standard InChI is InChI=1S/C16H15N3O4/c20-14(10-18-16(19(21)22)7-8-17-18)11-23-15-6-5-12-3-1-2-4-13(12)9-15/h1-9,14,20H,10-11H2. The van der Waals surface area contributed by atoms with Crippen molar-refractivity contribution in [3.8, 4) is 5.75 Å². The van der Waals surface area contributed by atoms with E-state index in [-0.39, 0.29) is 19.0 Å². The second-order valence-electron chi connectivity index (χ2n) is 5.10. The lowest BCUT2D eigenvalue weighted by Gasteiger charge is -2.11. The van der Waals surface area contributed by atoms with Gasteiger partial charge in [-0.15, -0.1) is 4.68 Å². The molecule has 0 aliphatic carbocycles. The molecular weight excluding hydrogens is 298 g/mol. The molecule has 1 heterocycles. The molecule has 0 fully saturated rings. The minimum atomic E-state index is -0.903. The van der Waals surface area contributed by atoms with Gasteiger partial charge in [0.05, 0.1) is 12.3 Å². The summed E-state index contributed by atoms with van der Waals surface area (Å²) in [6.07, 6.45) is 0.426. The monoisotopic (exact) mass is 313 g/mol. The normalized spacial score (nSPS) is 12.2. The molecule has 0 bridgehead atoms. The van der Waals surface area contributed by atoms with Crippen LogP contribution in [0.1, 0.15) is 0 Å². The SMILES string of the molecule is O=[N+]([O-])c1ccnn1CC(O)COc1ccc2ccccc2c1. The maximum Gasteiger partial charge on any atom is 0.344 e. The first kappa shape index (κ1) is 15.0. The summed E-state index contributed by atoms with van der Waals surface area (Å²) >= 11 is 0. The zero-order chi connectivity index (χ0) is 16.2. The number of benzene rings is 2. The summed E-state index contributed by atoms with van der Waals surface area (Å²) in [6, 6.07) is 14.8. The van der Waals surface area contributed by atoms with Crippen molar-refractivity contribution in [3.63, 3.8) is 0 Å². The quantitative estimate of drug-likeness (QED) is 0.557. The van der Waals surface area contributed by atoms with Crippen LogP contribution < -0.4 is 4.74 Å². The van der Waals surface area contributed by atoms with Gasteiger partial charge in [0.25, 0.3) is 0 Å². The Morgan fingerprint density at radius 1 is 1.22 bits per heavy atom. The second-order valence-corrected chi connectivity index (χ2v) is 5.10. The van der Waals surface area contributed by atoms with Crippen molar-refractivity contribution in [2.45, 2.75) is 12.6 Å². The zero-order valence-electron chi connectivity index (χ0n) is 12.2. The van der Waals surface area contributed by atoms with E-state index in [0.29, 0.717) is 5.75 Å². The van der Waals surface area contributed by atoms with E-state index in [2.05, 4.69) is 5.10 Å². The van der Waals surface area contributed by atoms with Crippen LogP contribution in [0.15, 0.2) is 54.7 Å². The molecule has 0 saturated carbocycles. The van der Waals surface area contributed by atoms with Crippen molar-refractivity contribution < 1.29 is 14.8 Å². The first-order valence-corrected chi connectivity index (χ1v) is 7.09. The first-order chi connectivity index (χ1) is 11.1. The predicted molar refractivity (Wildman–Crippen MR) is 84.3 cm³/mol. The summed E-state index contributed by atoms with van der Waals surface area (Å²) in [5.74, 6) is 0.479. The van der Waals surface area contributed by atoms with E-state index in [1.807, 2.05) is 42.5 Å².